The Bertz CT molecular complexity index is 972. The highest BCUT2D eigenvalue weighted by atomic mass is 16.5. The molecular weight excluding hydrogens is 360 g/mol. The zero-order valence-electron chi connectivity index (χ0n) is 17.2. The van der Waals surface area contributed by atoms with Gasteiger partial charge in [-0.05, 0) is 59.3 Å². The van der Waals surface area contributed by atoms with Crippen LogP contribution in [0.4, 0.5) is 0 Å². The lowest BCUT2D eigenvalue weighted by Gasteiger charge is -2.51. The Kier molecular flexibility index (Phi) is 3.35. The second kappa shape index (κ2) is 5.50. The summed E-state index contributed by atoms with van der Waals surface area (Å²) in [6.45, 7) is 2.42. The Hall–Kier alpha value is -2.16. The fraction of sp³-hybridized carbons (Fsp3) is 0.538. The van der Waals surface area contributed by atoms with E-state index in [4.69, 9.17) is 4.74 Å². The van der Waals surface area contributed by atoms with E-state index in [-0.39, 0.29) is 45.7 Å². The van der Waals surface area contributed by atoms with Crippen LogP contribution in [0.3, 0.4) is 0 Å². The topological polar surface area (TPSA) is 43.4 Å². The largest absolute Gasteiger partial charge is 0.497 e. The maximum absolute atomic E-state index is 13.7. The average Bonchev–Trinajstić information content (AvgIpc) is 3.30. The van der Waals surface area contributed by atoms with Gasteiger partial charge in [0.25, 0.3) is 0 Å². The van der Waals surface area contributed by atoms with E-state index in [0.717, 1.165) is 18.6 Å². The van der Waals surface area contributed by atoms with Gasteiger partial charge < -0.3 is 4.74 Å². The summed E-state index contributed by atoms with van der Waals surface area (Å²) in [4.78, 5) is 26.7. The molecular formula is C26H28O3. The Balaban J connectivity index is 1.61. The van der Waals surface area contributed by atoms with Crippen LogP contribution < -0.4 is 4.74 Å². The third kappa shape index (κ3) is 1.78. The van der Waals surface area contributed by atoms with Gasteiger partial charge in [0, 0.05) is 23.7 Å². The van der Waals surface area contributed by atoms with E-state index in [1.54, 1.807) is 13.2 Å². The first kappa shape index (κ1) is 17.7. The first-order valence-corrected chi connectivity index (χ1v) is 11.1. The molecule has 0 heterocycles. The summed E-state index contributed by atoms with van der Waals surface area (Å²) in [5.74, 6) is 1.60. The monoisotopic (exact) mass is 388 g/mol. The molecule has 3 fully saturated rings. The van der Waals surface area contributed by atoms with Crippen LogP contribution in [0.2, 0.25) is 0 Å². The van der Waals surface area contributed by atoms with Crippen LogP contribution >= 0.6 is 0 Å². The second-order valence-corrected chi connectivity index (χ2v) is 10.1. The quantitative estimate of drug-likeness (QED) is 0.692. The van der Waals surface area contributed by atoms with Gasteiger partial charge in [0.1, 0.15) is 11.5 Å². The van der Waals surface area contributed by atoms with Gasteiger partial charge in [-0.15, -0.1) is 0 Å². The number of hydrogen-bond donors (Lipinski definition) is 0. The summed E-state index contributed by atoms with van der Waals surface area (Å²) >= 11 is 0. The second-order valence-electron chi connectivity index (χ2n) is 10.1. The maximum atomic E-state index is 13.7. The normalized spacial score (nSPS) is 46.6. The summed E-state index contributed by atoms with van der Waals surface area (Å²) in [5, 5.41) is 0. The van der Waals surface area contributed by atoms with Crippen molar-refractivity contribution < 1.29 is 14.3 Å². The molecule has 29 heavy (non-hydrogen) atoms. The molecule has 0 radical (unpaired) electrons. The zero-order valence-corrected chi connectivity index (χ0v) is 17.2. The molecule has 7 atom stereocenters. The maximum Gasteiger partial charge on any atom is 0.159 e. The fourth-order valence-electron chi connectivity index (χ4n) is 8.50. The van der Waals surface area contributed by atoms with Gasteiger partial charge in [0.2, 0.25) is 0 Å². The van der Waals surface area contributed by atoms with E-state index in [1.165, 1.54) is 18.4 Å². The Labute approximate surface area is 172 Å². The molecule has 0 aromatic heterocycles. The number of Topliss-reactive ketones (excluding diaryl/α,β-unsaturated/α-hetero) is 1. The number of fused-ring (bicyclic) bond motifs is 4. The van der Waals surface area contributed by atoms with Crippen molar-refractivity contribution in [2.75, 3.05) is 7.11 Å². The van der Waals surface area contributed by atoms with Crippen molar-refractivity contribution >= 4 is 11.6 Å². The first-order valence-electron chi connectivity index (χ1n) is 11.1. The molecule has 3 nitrogen and oxygen atoms in total. The summed E-state index contributed by atoms with van der Waals surface area (Å²) < 4.78 is 5.40. The molecule has 150 valence electrons. The average molecular weight is 389 g/mol. The van der Waals surface area contributed by atoms with Crippen molar-refractivity contribution in [1.82, 2.24) is 0 Å². The van der Waals surface area contributed by atoms with Crippen molar-refractivity contribution in [2.24, 2.45) is 34.5 Å². The van der Waals surface area contributed by atoms with Gasteiger partial charge in [-0.3, -0.25) is 9.59 Å². The van der Waals surface area contributed by atoms with Crippen LogP contribution in [-0.4, -0.2) is 18.7 Å². The molecule has 5 aliphatic rings. The molecule has 3 heteroatoms. The van der Waals surface area contributed by atoms with Crippen LogP contribution in [-0.2, 0) is 15.0 Å². The molecule has 0 saturated heterocycles. The van der Waals surface area contributed by atoms with Gasteiger partial charge in [-0.25, -0.2) is 0 Å². The van der Waals surface area contributed by atoms with E-state index < -0.39 is 0 Å². The third-order valence-corrected chi connectivity index (χ3v) is 9.58. The molecule has 0 spiro atoms. The van der Waals surface area contributed by atoms with Gasteiger partial charge >= 0.3 is 0 Å². The smallest absolute Gasteiger partial charge is 0.159 e. The number of ketones is 2. The highest BCUT2D eigenvalue weighted by Crippen LogP contribution is 2.80. The molecule has 1 aromatic carbocycles. The van der Waals surface area contributed by atoms with E-state index in [9.17, 15) is 9.59 Å². The third-order valence-electron chi connectivity index (χ3n) is 9.58. The summed E-state index contributed by atoms with van der Waals surface area (Å²) in [6, 6.07) is 8.37. The number of allylic oxidation sites excluding steroid dienone is 4. The SMILES string of the molecule is COc1ccc([C@]23C=C[C@@]4(CCCC[C@]24C)[C@H]2[C@@H]4C(=O)C=C[C@@H]4CC(=O)[C@H]23)cc1. The first-order chi connectivity index (χ1) is 14.0. The van der Waals surface area contributed by atoms with E-state index in [2.05, 4.69) is 31.2 Å². The van der Waals surface area contributed by atoms with Crippen LogP contribution in [0.15, 0.2) is 48.6 Å². The molecule has 0 amide bonds. The Morgan fingerprint density at radius 2 is 1.79 bits per heavy atom. The zero-order chi connectivity index (χ0) is 20.0. The van der Waals surface area contributed by atoms with Crippen molar-refractivity contribution in [2.45, 2.75) is 44.4 Å². The van der Waals surface area contributed by atoms with Crippen molar-refractivity contribution in [1.29, 1.82) is 0 Å². The molecule has 0 N–H and O–H groups in total. The van der Waals surface area contributed by atoms with Crippen molar-refractivity contribution in [3.05, 3.63) is 54.1 Å². The van der Waals surface area contributed by atoms with Gasteiger partial charge in [-0.1, -0.05) is 50.1 Å². The molecule has 1 aromatic rings. The van der Waals surface area contributed by atoms with E-state index >= 15 is 0 Å². The predicted molar refractivity (Wildman–Crippen MR) is 111 cm³/mol. The lowest BCUT2D eigenvalue weighted by molar-refractivity contribution is -0.136. The van der Waals surface area contributed by atoms with E-state index in [0.29, 0.717) is 12.2 Å². The summed E-state index contributed by atoms with van der Waals surface area (Å²) in [6.07, 6.45) is 13.7. The van der Waals surface area contributed by atoms with Crippen LogP contribution in [0.25, 0.3) is 0 Å². The summed E-state index contributed by atoms with van der Waals surface area (Å²) in [7, 11) is 1.69. The predicted octanol–water partition coefficient (Wildman–Crippen LogP) is 4.66. The van der Waals surface area contributed by atoms with Crippen LogP contribution in [0.1, 0.15) is 44.6 Å². The molecule has 0 unspecified atom stereocenters. The van der Waals surface area contributed by atoms with Gasteiger partial charge in [0.15, 0.2) is 5.78 Å². The molecule has 0 aliphatic heterocycles. The number of hydrogen-bond acceptors (Lipinski definition) is 3. The lowest BCUT2D eigenvalue weighted by Crippen LogP contribution is -2.49. The number of rotatable bonds is 2. The fourth-order valence-corrected chi connectivity index (χ4v) is 8.50. The number of carbonyl (C=O) groups excluding carboxylic acids is 2. The number of carbonyl (C=O) groups is 2. The molecule has 5 aliphatic carbocycles. The molecule has 2 bridgehead atoms. The minimum Gasteiger partial charge on any atom is -0.497 e. The standard InChI is InChI=1S/C26H28O3/c1-24-11-3-4-12-25(24)13-14-26(24,17-6-8-18(29-2)9-7-17)22-20(28)15-16-5-10-19(27)21(16)23(22)25/h5-10,13-14,16,21-23H,3-4,11-12,15H2,1-2H3/t16-,21+,22-,23+,24+,25+,26+/m1/s1. The minimum atomic E-state index is -0.310. The molecule has 6 rings (SSSR count). The number of benzene rings is 1. The number of methoxy groups -OCH3 is 1. The summed E-state index contributed by atoms with van der Waals surface area (Å²) in [5.41, 5.74) is 0.847. The number of ether oxygens (including phenoxy) is 1. The lowest BCUT2D eigenvalue weighted by atomic mass is 9.52. The van der Waals surface area contributed by atoms with Crippen molar-refractivity contribution in [3.63, 3.8) is 0 Å². The van der Waals surface area contributed by atoms with Gasteiger partial charge in [-0.2, -0.15) is 0 Å². The van der Waals surface area contributed by atoms with E-state index in [1.807, 2.05) is 18.2 Å². The molecule has 3 saturated carbocycles. The minimum absolute atomic E-state index is 0.0137. The van der Waals surface area contributed by atoms with Gasteiger partial charge in [0.05, 0.1) is 7.11 Å². The van der Waals surface area contributed by atoms with Crippen LogP contribution in [0.5, 0.6) is 5.75 Å². The highest BCUT2D eigenvalue weighted by Gasteiger charge is 2.79. The Morgan fingerprint density at radius 1 is 1.03 bits per heavy atom. The van der Waals surface area contributed by atoms with Crippen molar-refractivity contribution in [3.8, 4) is 5.75 Å². The Morgan fingerprint density at radius 3 is 2.55 bits per heavy atom. The highest BCUT2D eigenvalue weighted by molar-refractivity contribution is 5.99. The van der Waals surface area contributed by atoms with Crippen LogP contribution in [0, 0.1) is 34.5 Å².